The topological polar surface area (TPSA) is 44.9 Å². The zero-order valence-electron chi connectivity index (χ0n) is 12.5. The summed E-state index contributed by atoms with van der Waals surface area (Å²) in [5, 5.41) is 5.47. The van der Waals surface area contributed by atoms with Crippen LogP contribution in [-0.4, -0.2) is 40.4 Å². The minimum absolute atomic E-state index is 0. The number of fused-ring (bicyclic) bond motifs is 1. The molecule has 0 saturated carbocycles. The van der Waals surface area contributed by atoms with Crippen molar-refractivity contribution in [2.24, 2.45) is 10.9 Å². The van der Waals surface area contributed by atoms with Gasteiger partial charge in [0, 0.05) is 37.9 Å². The summed E-state index contributed by atoms with van der Waals surface area (Å²) in [6.07, 6.45) is 6.61. The molecule has 2 aromatic heterocycles. The fourth-order valence-corrected chi connectivity index (χ4v) is 3.30. The van der Waals surface area contributed by atoms with Crippen LogP contribution in [0.25, 0.3) is 4.96 Å². The first kappa shape index (κ1) is 16.5. The zero-order chi connectivity index (χ0) is 13.9. The average molecular weight is 419 g/mol. The number of hydrogen-bond acceptors (Lipinski definition) is 3. The summed E-state index contributed by atoms with van der Waals surface area (Å²) in [5.74, 6) is 1.83. The SMILES string of the molecule is CN=C(NCc1cn2ccsc2n1)N1CCC(C)CC1.I. The van der Waals surface area contributed by atoms with E-state index in [1.165, 1.54) is 12.8 Å². The normalized spacial score (nSPS) is 17.0. The third-order valence-corrected chi connectivity index (χ3v) is 4.64. The van der Waals surface area contributed by atoms with Gasteiger partial charge in [-0.3, -0.25) is 9.39 Å². The van der Waals surface area contributed by atoms with Crippen LogP contribution in [0.3, 0.4) is 0 Å². The molecular weight excluding hydrogens is 397 g/mol. The van der Waals surface area contributed by atoms with Gasteiger partial charge < -0.3 is 10.2 Å². The van der Waals surface area contributed by atoms with E-state index in [4.69, 9.17) is 0 Å². The molecule has 5 nitrogen and oxygen atoms in total. The molecule has 0 aromatic carbocycles. The molecule has 3 heterocycles. The molecule has 116 valence electrons. The quantitative estimate of drug-likeness (QED) is 0.463. The first-order valence-electron chi connectivity index (χ1n) is 7.13. The number of imidazole rings is 1. The van der Waals surface area contributed by atoms with E-state index in [0.717, 1.165) is 42.2 Å². The van der Waals surface area contributed by atoms with Crippen molar-refractivity contribution >= 4 is 46.2 Å². The van der Waals surface area contributed by atoms with Gasteiger partial charge in [-0.15, -0.1) is 35.3 Å². The number of guanidine groups is 1. The third-order valence-electron chi connectivity index (χ3n) is 3.87. The Bertz CT molecular complexity index is 569. The summed E-state index contributed by atoms with van der Waals surface area (Å²) in [5.41, 5.74) is 1.06. The lowest BCUT2D eigenvalue weighted by atomic mass is 10.00. The Morgan fingerprint density at radius 1 is 1.48 bits per heavy atom. The lowest BCUT2D eigenvalue weighted by Crippen LogP contribution is -2.45. The van der Waals surface area contributed by atoms with Crippen molar-refractivity contribution in [3.8, 4) is 0 Å². The summed E-state index contributed by atoms with van der Waals surface area (Å²) >= 11 is 1.66. The largest absolute Gasteiger partial charge is 0.351 e. The molecule has 21 heavy (non-hydrogen) atoms. The Hall–Kier alpha value is -0.830. The maximum absolute atomic E-state index is 4.58. The van der Waals surface area contributed by atoms with Gasteiger partial charge in [-0.2, -0.15) is 0 Å². The first-order valence-corrected chi connectivity index (χ1v) is 8.01. The van der Waals surface area contributed by atoms with E-state index in [9.17, 15) is 0 Å². The number of aliphatic imine (C=N–C) groups is 1. The second kappa shape index (κ2) is 7.44. The highest BCUT2D eigenvalue weighted by Crippen LogP contribution is 2.16. The fraction of sp³-hybridized carbons (Fsp3) is 0.571. The number of hydrogen-bond donors (Lipinski definition) is 1. The Labute approximate surface area is 146 Å². The molecule has 1 fully saturated rings. The number of nitrogens with zero attached hydrogens (tertiary/aromatic N) is 4. The van der Waals surface area contributed by atoms with Crippen LogP contribution >= 0.6 is 35.3 Å². The number of aromatic nitrogens is 2. The van der Waals surface area contributed by atoms with Crippen molar-refractivity contribution in [1.82, 2.24) is 19.6 Å². The van der Waals surface area contributed by atoms with Crippen LogP contribution in [-0.2, 0) is 6.54 Å². The van der Waals surface area contributed by atoms with Crippen molar-refractivity contribution in [1.29, 1.82) is 0 Å². The average Bonchev–Trinajstić information content (AvgIpc) is 3.02. The van der Waals surface area contributed by atoms with Crippen LogP contribution < -0.4 is 5.32 Å². The lowest BCUT2D eigenvalue weighted by Gasteiger charge is -2.32. The van der Waals surface area contributed by atoms with Crippen LogP contribution in [0.5, 0.6) is 0 Å². The smallest absolute Gasteiger partial charge is 0.193 e. The molecule has 0 amide bonds. The lowest BCUT2D eigenvalue weighted by molar-refractivity contribution is 0.273. The molecule has 0 aliphatic carbocycles. The van der Waals surface area contributed by atoms with Crippen LogP contribution in [0, 0.1) is 5.92 Å². The van der Waals surface area contributed by atoms with E-state index in [0.29, 0.717) is 0 Å². The molecule has 1 N–H and O–H groups in total. The predicted molar refractivity (Wildman–Crippen MR) is 98.7 cm³/mol. The van der Waals surface area contributed by atoms with Crippen LogP contribution in [0.2, 0.25) is 0 Å². The molecule has 2 aromatic rings. The Balaban J connectivity index is 0.00000161. The van der Waals surface area contributed by atoms with Gasteiger partial charge >= 0.3 is 0 Å². The first-order chi connectivity index (χ1) is 9.76. The second-order valence-electron chi connectivity index (χ2n) is 5.40. The van der Waals surface area contributed by atoms with Crippen LogP contribution in [0.4, 0.5) is 0 Å². The van der Waals surface area contributed by atoms with Gasteiger partial charge in [-0.25, -0.2) is 4.98 Å². The van der Waals surface area contributed by atoms with E-state index in [1.807, 2.05) is 18.6 Å². The van der Waals surface area contributed by atoms with Gasteiger partial charge in [0.15, 0.2) is 10.9 Å². The number of nitrogens with one attached hydrogen (secondary N) is 1. The zero-order valence-corrected chi connectivity index (χ0v) is 15.6. The Morgan fingerprint density at radius 3 is 2.90 bits per heavy atom. The third kappa shape index (κ3) is 3.88. The van der Waals surface area contributed by atoms with Crippen LogP contribution in [0.1, 0.15) is 25.5 Å². The highest BCUT2D eigenvalue weighted by Gasteiger charge is 2.18. The highest BCUT2D eigenvalue weighted by molar-refractivity contribution is 14.0. The minimum Gasteiger partial charge on any atom is -0.351 e. The Morgan fingerprint density at radius 2 is 2.24 bits per heavy atom. The number of piperidine rings is 1. The van der Waals surface area contributed by atoms with Gasteiger partial charge in [-0.05, 0) is 18.8 Å². The molecule has 0 unspecified atom stereocenters. The van der Waals surface area contributed by atoms with Crippen molar-refractivity contribution in [2.75, 3.05) is 20.1 Å². The number of likely N-dealkylation sites (tertiary alicyclic amines) is 1. The predicted octanol–water partition coefficient (Wildman–Crippen LogP) is 2.82. The summed E-state index contributed by atoms with van der Waals surface area (Å²) in [7, 11) is 1.85. The van der Waals surface area contributed by atoms with Crippen molar-refractivity contribution in [2.45, 2.75) is 26.3 Å². The molecule has 0 bridgehead atoms. The highest BCUT2D eigenvalue weighted by atomic mass is 127. The molecule has 1 saturated heterocycles. The van der Waals surface area contributed by atoms with Crippen molar-refractivity contribution < 1.29 is 0 Å². The monoisotopic (exact) mass is 419 g/mol. The van der Waals surface area contributed by atoms with E-state index in [1.54, 1.807) is 11.3 Å². The van der Waals surface area contributed by atoms with Crippen molar-refractivity contribution in [3.63, 3.8) is 0 Å². The molecular formula is C14H22IN5S. The summed E-state index contributed by atoms with van der Waals surface area (Å²) in [4.78, 5) is 12.4. The maximum atomic E-state index is 4.58. The summed E-state index contributed by atoms with van der Waals surface area (Å²) in [6, 6.07) is 0. The van der Waals surface area contributed by atoms with Gasteiger partial charge in [0.05, 0.1) is 12.2 Å². The summed E-state index contributed by atoms with van der Waals surface area (Å²) in [6.45, 7) is 5.25. The molecule has 0 spiro atoms. The van der Waals surface area contributed by atoms with E-state index in [2.05, 4.69) is 37.7 Å². The number of halogens is 1. The Kier molecular flexibility index (Phi) is 5.86. The molecule has 0 atom stereocenters. The number of thiazole rings is 1. The fourth-order valence-electron chi connectivity index (χ4n) is 2.58. The van der Waals surface area contributed by atoms with Gasteiger partial charge in [-0.1, -0.05) is 6.92 Å². The summed E-state index contributed by atoms with van der Waals surface area (Å²) < 4.78 is 2.06. The molecule has 3 rings (SSSR count). The molecule has 1 aliphatic rings. The minimum atomic E-state index is 0. The van der Waals surface area contributed by atoms with Gasteiger partial charge in [0.25, 0.3) is 0 Å². The standard InChI is InChI=1S/C14H21N5S.HI/c1-11-3-5-18(6-4-11)13(15-2)16-9-12-10-19-7-8-20-14(19)17-12;/h7-8,10-11H,3-6,9H2,1-2H3,(H,15,16);1H. The van der Waals surface area contributed by atoms with Crippen molar-refractivity contribution in [3.05, 3.63) is 23.5 Å². The van der Waals surface area contributed by atoms with Crippen LogP contribution in [0.15, 0.2) is 22.8 Å². The van der Waals surface area contributed by atoms with E-state index in [-0.39, 0.29) is 24.0 Å². The van der Waals surface area contributed by atoms with Gasteiger partial charge in [0.1, 0.15) is 0 Å². The molecule has 1 aliphatic heterocycles. The molecule has 7 heteroatoms. The van der Waals surface area contributed by atoms with E-state index < -0.39 is 0 Å². The van der Waals surface area contributed by atoms with E-state index >= 15 is 0 Å². The maximum Gasteiger partial charge on any atom is 0.193 e. The molecule has 0 radical (unpaired) electrons. The number of rotatable bonds is 2. The second-order valence-corrected chi connectivity index (χ2v) is 6.27. The van der Waals surface area contributed by atoms with Gasteiger partial charge in [0.2, 0.25) is 0 Å².